The Bertz CT molecular complexity index is 773. The predicted molar refractivity (Wildman–Crippen MR) is 95.7 cm³/mol. The number of nitrogens with one attached hydrogen (secondary N) is 2. The number of hydrogen-bond donors (Lipinski definition) is 2. The third-order valence-electron chi connectivity index (χ3n) is 6.10. The number of sulfonamides is 1. The number of carbonyl (C=O) groups excluding carboxylic acids is 1. The monoisotopic (exact) mass is 362 g/mol. The van der Waals surface area contributed by atoms with Crippen molar-refractivity contribution in [1.82, 2.24) is 10.0 Å². The summed E-state index contributed by atoms with van der Waals surface area (Å²) in [4.78, 5) is 12.8. The van der Waals surface area contributed by atoms with Crippen LogP contribution in [-0.4, -0.2) is 26.4 Å². The van der Waals surface area contributed by atoms with Gasteiger partial charge in [-0.2, -0.15) is 0 Å². The number of fused-ring (bicyclic) bond motifs is 2. The van der Waals surface area contributed by atoms with Crippen molar-refractivity contribution in [3.8, 4) is 0 Å². The van der Waals surface area contributed by atoms with E-state index < -0.39 is 10.0 Å². The highest BCUT2D eigenvalue weighted by atomic mass is 32.2. The molecule has 136 valence electrons. The second-order valence-corrected chi connectivity index (χ2v) is 9.74. The first kappa shape index (κ1) is 17.0. The predicted octanol–water partition coefficient (Wildman–Crippen LogP) is 2.68. The summed E-state index contributed by atoms with van der Waals surface area (Å²) in [6.45, 7) is 2.08. The average Bonchev–Trinajstić information content (AvgIpc) is 3.13. The van der Waals surface area contributed by atoms with E-state index >= 15 is 0 Å². The zero-order chi connectivity index (χ0) is 17.6. The van der Waals surface area contributed by atoms with E-state index in [-0.39, 0.29) is 22.9 Å². The maximum Gasteiger partial charge on any atom is 0.251 e. The summed E-state index contributed by atoms with van der Waals surface area (Å²) in [5, 5.41) is 3.10. The molecule has 1 aromatic carbocycles. The fourth-order valence-electron chi connectivity index (χ4n) is 4.60. The lowest BCUT2D eigenvalue weighted by Crippen LogP contribution is -2.40. The number of hydrogen-bond acceptors (Lipinski definition) is 3. The number of benzene rings is 1. The third-order valence-corrected chi connectivity index (χ3v) is 7.62. The Morgan fingerprint density at radius 2 is 1.96 bits per heavy atom. The van der Waals surface area contributed by atoms with Crippen molar-refractivity contribution in [2.75, 3.05) is 0 Å². The minimum atomic E-state index is -3.53. The first-order valence-electron chi connectivity index (χ1n) is 9.35. The van der Waals surface area contributed by atoms with Crippen molar-refractivity contribution >= 4 is 15.9 Å². The molecule has 1 aromatic rings. The van der Waals surface area contributed by atoms with Crippen LogP contribution < -0.4 is 10.0 Å². The molecule has 0 spiro atoms. The van der Waals surface area contributed by atoms with Crippen molar-refractivity contribution in [2.45, 2.75) is 62.4 Å². The molecule has 5 nitrogen and oxygen atoms in total. The second kappa shape index (κ2) is 6.40. The van der Waals surface area contributed by atoms with E-state index in [1.807, 2.05) is 0 Å². The maximum atomic E-state index is 12.6. The molecule has 4 rings (SSSR count). The Morgan fingerprint density at radius 1 is 1.16 bits per heavy atom. The number of rotatable bonds is 6. The lowest BCUT2D eigenvalue weighted by molar-refractivity contribution is 0.0915. The van der Waals surface area contributed by atoms with Crippen molar-refractivity contribution in [2.24, 2.45) is 17.8 Å². The molecular weight excluding hydrogens is 336 g/mol. The van der Waals surface area contributed by atoms with Crippen LogP contribution in [0.3, 0.4) is 0 Å². The molecule has 2 N–H and O–H groups in total. The van der Waals surface area contributed by atoms with Gasteiger partial charge in [0.25, 0.3) is 5.91 Å². The van der Waals surface area contributed by atoms with Gasteiger partial charge in [0.2, 0.25) is 10.0 Å². The lowest BCUT2D eigenvalue weighted by atomic mass is 9.84. The molecule has 1 amide bonds. The molecule has 3 aliphatic carbocycles. The van der Waals surface area contributed by atoms with E-state index in [0.717, 1.165) is 24.7 Å². The zero-order valence-electron chi connectivity index (χ0n) is 14.6. The average molecular weight is 362 g/mol. The number of amides is 1. The lowest BCUT2D eigenvalue weighted by Gasteiger charge is -2.28. The Balaban J connectivity index is 1.44. The summed E-state index contributed by atoms with van der Waals surface area (Å²) in [6, 6.07) is 6.53. The largest absolute Gasteiger partial charge is 0.349 e. The molecule has 4 atom stereocenters. The van der Waals surface area contributed by atoms with Gasteiger partial charge in [0.1, 0.15) is 0 Å². The van der Waals surface area contributed by atoms with Crippen LogP contribution in [0.1, 0.15) is 55.8 Å². The second-order valence-electron chi connectivity index (χ2n) is 8.02. The van der Waals surface area contributed by atoms with Crippen LogP contribution in [0.5, 0.6) is 0 Å². The van der Waals surface area contributed by atoms with Crippen LogP contribution in [0, 0.1) is 17.8 Å². The van der Waals surface area contributed by atoms with Crippen LogP contribution in [-0.2, 0) is 10.0 Å². The van der Waals surface area contributed by atoms with Gasteiger partial charge in [0, 0.05) is 17.6 Å². The Labute approximate surface area is 149 Å². The van der Waals surface area contributed by atoms with Crippen molar-refractivity contribution in [3.63, 3.8) is 0 Å². The summed E-state index contributed by atoms with van der Waals surface area (Å²) in [5.74, 6) is 1.97. The standard InChI is InChI=1S/C19H26N2O3S/c1-12(18-10-13-5-6-14(18)9-13)20-19(22)15-3-2-4-17(11-15)25(23,24)21-16-7-8-16/h2-4,11-14,16,18,21H,5-10H2,1H3,(H,20,22)/t12-,13-,14-,18-/m1/s1. The van der Waals surface area contributed by atoms with Crippen molar-refractivity contribution < 1.29 is 13.2 Å². The van der Waals surface area contributed by atoms with Gasteiger partial charge in [-0.15, -0.1) is 0 Å². The van der Waals surface area contributed by atoms with E-state index in [0.29, 0.717) is 11.5 Å². The van der Waals surface area contributed by atoms with Gasteiger partial charge in [-0.05, 0) is 75.0 Å². The van der Waals surface area contributed by atoms with E-state index in [9.17, 15) is 13.2 Å². The van der Waals surface area contributed by atoms with Gasteiger partial charge in [-0.1, -0.05) is 12.5 Å². The molecule has 3 fully saturated rings. The summed E-state index contributed by atoms with van der Waals surface area (Å²) in [5.41, 5.74) is 0.411. The van der Waals surface area contributed by atoms with E-state index in [1.165, 1.54) is 31.7 Å². The van der Waals surface area contributed by atoms with Gasteiger partial charge < -0.3 is 5.32 Å². The molecule has 25 heavy (non-hydrogen) atoms. The highest BCUT2D eigenvalue weighted by molar-refractivity contribution is 7.89. The molecule has 6 heteroatoms. The van der Waals surface area contributed by atoms with Gasteiger partial charge in [-0.3, -0.25) is 4.79 Å². The quantitative estimate of drug-likeness (QED) is 0.817. The van der Waals surface area contributed by atoms with Gasteiger partial charge in [0.05, 0.1) is 4.90 Å². The highest BCUT2D eigenvalue weighted by Crippen LogP contribution is 2.49. The molecule has 3 aliphatic rings. The fraction of sp³-hybridized carbons (Fsp3) is 0.632. The zero-order valence-corrected chi connectivity index (χ0v) is 15.4. The molecule has 3 saturated carbocycles. The summed E-state index contributed by atoms with van der Waals surface area (Å²) in [6.07, 6.45) is 6.93. The van der Waals surface area contributed by atoms with E-state index in [1.54, 1.807) is 18.2 Å². The third kappa shape index (κ3) is 3.60. The van der Waals surface area contributed by atoms with Crippen LogP contribution >= 0.6 is 0 Å². The first-order chi connectivity index (χ1) is 11.9. The minimum absolute atomic E-state index is 0.0558. The van der Waals surface area contributed by atoms with E-state index in [4.69, 9.17) is 0 Å². The van der Waals surface area contributed by atoms with Gasteiger partial charge in [-0.25, -0.2) is 13.1 Å². The smallest absolute Gasteiger partial charge is 0.251 e. The van der Waals surface area contributed by atoms with Gasteiger partial charge in [0.15, 0.2) is 0 Å². The Kier molecular flexibility index (Phi) is 4.36. The Morgan fingerprint density at radius 3 is 2.60 bits per heavy atom. The number of carbonyl (C=O) groups is 1. The first-order valence-corrected chi connectivity index (χ1v) is 10.8. The SMILES string of the molecule is C[C@@H](NC(=O)c1cccc(S(=O)(=O)NC2CC2)c1)[C@H]1C[C@@H]2CC[C@@H]1C2. The normalized spacial score (nSPS) is 29.6. The molecule has 0 aliphatic heterocycles. The summed E-state index contributed by atoms with van der Waals surface area (Å²) < 4.78 is 27.3. The molecule has 2 bridgehead atoms. The molecular formula is C19H26N2O3S. The summed E-state index contributed by atoms with van der Waals surface area (Å²) in [7, 11) is -3.53. The van der Waals surface area contributed by atoms with E-state index in [2.05, 4.69) is 17.0 Å². The van der Waals surface area contributed by atoms with Crippen LogP contribution in [0.25, 0.3) is 0 Å². The summed E-state index contributed by atoms with van der Waals surface area (Å²) >= 11 is 0. The molecule has 0 unspecified atom stereocenters. The molecule has 0 saturated heterocycles. The van der Waals surface area contributed by atoms with Crippen LogP contribution in [0.2, 0.25) is 0 Å². The van der Waals surface area contributed by atoms with Crippen molar-refractivity contribution in [3.05, 3.63) is 29.8 Å². The minimum Gasteiger partial charge on any atom is -0.349 e. The van der Waals surface area contributed by atoms with Gasteiger partial charge >= 0.3 is 0 Å². The highest BCUT2D eigenvalue weighted by Gasteiger charge is 2.42. The molecule has 0 radical (unpaired) electrons. The Hall–Kier alpha value is -1.40. The topological polar surface area (TPSA) is 75.3 Å². The van der Waals surface area contributed by atoms with Crippen molar-refractivity contribution in [1.29, 1.82) is 0 Å². The molecule has 0 aromatic heterocycles. The van der Waals surface area contributed by atoms with Crippen LogP contribution in [0.15, 0.2) is 29.2 Å². The van der Waals surface area contributed by atoms with Crippen LogP contribution in [0.4, 0.5) is 0 Å². The molecule has 0 heterocycles. The fourth-order valence-corrected chi connectivity index (χ4v) is 5.95. The maximum absolute atomic E-state index is 12.6.